The smallest absolute Gasteiger partial charge is 0.230 e. The molecular weight excluding hydrogens is 236 g/mol. The first-order valence-corrected chi connectivity index (χ1v) is 6.56. The van der Waals surface area contributed by atoms with Crippen molar-refractivity contribution in [2.24, 2.45) is 11.3 Å². The van der Waals surface area contributed by atoms with Crippen molar-refractivity contribution < 1.29 is 4.79 Å². The van der Waals surface area contributed by atoms with E-state index in [1.807, 2.05) is 11.9 Å². The van der Waals surface area contributed by atoms with Gasteiger partial charge in [-0.1, -0.05) is 12.8 Å². The second-order valence-corrected chi connectivity index (χ2v) is 5.74. The van der Waals surface area contributed by atoms with Crippen LogP contribution in [0.15, 0.2) is 0 Å². The predicted molar refractivity (Wildman–Crippen MR) is 72.4 cm³/mol. The first-order chi connectivity index (χ1) is 7.58. The maximum absolute atomic E-state index is 12.6. The molecule has 0 bridgehead atoms. The van der Waals surface area contributed by atoms with Gasteiger partial charge in [-0.15, -0.1) is 12.4 Å². The van der Waals surface area contributed by atoms with Gasteiger partial charge in [0, 0.05) is 19.6 Å². The first kappa shape index (κ1) is 14.8. The third kappa shape index (κ3) is 2.45. The van der Waals surface area contributed by atoms with Gasteiger partial charge >= 0.3 is 0 Å². The van der Waals surface area contributed by atoms with Gasteiger partial charge in [-0.2, -0.15) is 0 Å². The molecule has 100 valence electrons. The number of nitrogens with zero attached hydrogens (tertiary/aromatic N) is 1. The molecule has 4 heteroatoms. The molecular formula is C13H25ClN2O. The highest BCUT2D eigenvalue weighted by Gasteiger charge is 2.51. The maximum Gasteiger partial charge on any atom is 0.230 e. The summed E-state index contributed by atoms with van der Waals surface area (Å²) >= 11 is 0. The number of hydrogen-bond donors (Lipinski definition) is 1. The van der Waals surface area contributed by atoms with Crippen molar-refractivity contribution in [3.8, 4) is 0 Å². The lowest BCUT2D eigenvalue weighted by Crippen LogP contribution is -2.50. The minimum Gasteiger partial charge on any atom is -0.343 e. The molecule has 1 amide bonds. The topological polar surface area (TPSA) is 32.3 Å². The van der Waals surface area contributed by atoms with Crippen molar-refractivity contribution in [2.75, 3.05) is 20.1 Å². The second-order valence-electron chi connectivity index (χ2n) is 5.74. The molecule has 0 aromatic rings. The van der Waals surface area contributed by atoms with Crippen LogP contribution in [0, 0.1) is 11.3 Å². The fourth-order valence-corrected chi connectivity index (χ4v) is 3.25. The average molecular weight is 261 g/mol. The van der Waals surface area contributed by atoms with Crippen LogP contribution in [-0.4, -0.2) is 37.0 Å². The van der Waals surface area contributed by atoms with Gasteiger partial charge in [0.25, 0.3) is 0 Å². The Morgan fingerprint density at radius 2 is 2.12 bits per heavy atom. The first-order valence-electron chi connectivity index (χ1n) is 6.56. The SMILES string of the molecule is CC(C)N(C)C(=O)[C@@]12CCCC[C@H]1CNC2.Cl. The van der Waals surface area contributed by atoms with Gasteiger partial charge in [0.2, 0.25) is 5.91 Å². The second kappa shape index (κ2) is 5.57. The van der Waals surface area contributed by atoms with Crippen LogP contribution in [0.4, 0.5) is 0 Å². The molecule has 1 aliphatic heterocycles. The van der Waals surface area contributed by atoms with E-state index in [1.165, 1.54) is 19.3 Å². The Balaban J connectivity index is 0.00000144. The molecule has 1 aliphatic carbocycles. The molecule has 1 saturated heterocycles. The molecule has 2 atom stereocenters. The van der Waals surface area contributed by atoms with Crippen LogP contribution in [0.1, 0.15) is 39.5 Å². The van der Waals surface area contributed by atoms with E-state index >= 15 is 0 Å². The van der Waals surface area contributed by atoms with Gasteiger partial charge in [-0.3, -0.25) is 4.79 Å². The molecule has 0 unspecified atom stereocenters. The lowest BCUT2D eigenvalue weighted by Gasteiger charge is -2.40. The molecule has 2 rings (SSSR count). The van der Waals surface area contributed by atoms with Gasteiger partial charge < -0.3 is 10.2 Å². The Bertz CT molecular complexity index is 283. The quantitative estimate of drug-likeness (QED) is 0.824. The molecule has 17 heavy (non-hydrogen) atoms. The fourth-order valence-electron chi connectivity index (χ4n) is 3.25. The summed E-state index contributed by atoms with van der Waals surface area (Å²) < 4.78 is 0. The molecule has 2 aliphatic rings. The van der Waals surface area contributed by atoms with E-state index < -0.39 is 0 Å². The van der Waals surface area contributed by atoms with Crippen molar-refractivity contribution in [3.05, 3.63) is 0 Å². The highest BCUT2D eigenvalue weighted by molar-refractivity contribution is 5.85. The Kier molecular flexibility index (Phi) is 4.85. The Morgan fingerprint density at radius 3 is 2.76 bits per heavy atom. The van der Waals surface area contributed by atoms with E-state index in [1.54, 1.807) is 0 Å². The largest absolute Gasteiger partial charge is 0.343 e. The van der Waals surface area contributed by atoms with E-state index in [0.29, 0.717) is 17.9 Å². The number of carbonyl (C=O) groups excluding carboxylic acids is 1. The molecule has 1 saturated carbocycles. The summed E-state index contributed by atoms with van der Waals surface area (Å²) in [6, 6.07) is 0.310. The number of halogens is 1. The summed E-state index contributed by atoms with van der Waals surface area (Å²) in [5.41, 5.74) is -0.0722. The number of amides is 1. The third-order valence-corrected chi connectivity index (χ3v) is 4.56. The standard InChI is InChI=1S/C13H24N2O.ClH/c1-10(2)15(3)12(16)13-7-5-4-6-11(13)8-14-9-13;/h10-11,14H,4-9H2,1-3H3;1H/t11-,13+;/m0./s1. The maximum atomic E-state index is 12.6. The van der Waals surface area contributed by atoms with Gasteiger partial charge in [-0.25, -0.2) is 0 Å². The summed E-state index contributed by atoms with van der Waals surface area (Å²) in [7, 11) is 1.95. The van der Waals surface area contributed by atoms with E-state index in [9.17, 15) is 4.79 Å². The summed E-state index contributed by atoms with van der Waals surface area (Å²) in [6.45, 7) is 6.12. The van der Waals surface area contributed by atoms with Crippen molar-refractivity contribution in [1.82, 2.24) is 10.2 Å². The zero-order valence-electron chi connectivity index (χ0n) is 11.2. The van der Waals surface area contributed by atoms with Gasteiger partial charge in [-0.05, 0) is 39.2 Å². The van der Waals surface area contributed by atoms with Crippen molar-refractivity contribution in [3.63, 3.8) is 0 Å². The van der Waals surface area contributed by atoms with Crippen LogP contribution in [0.3, 0.4) is 0 Å². The normalized spacial score (nSPS) is 31.9. The summed E-state index contributed by atoms with van der Waals surface area (Å²) in [4.78, 5) is 14.6. The van der Waals surface area contributed by atoms with Crippen LogP contribution in [0.25, 0.3) is 0 Å². The van der Waals surface area contributed by atoms with Gasteiger partial charge in [0.1, 0.15) is 0 Å². The van der Waals surface area contributed by atoms with Crippen molar-refractivity contribution in [2.45, 2.75) is 45.6 Å². The number of fused-ring (bicyclic) bond motifs is 1. The van der Waals surface area contributed by atoms with Gasteiger partial charge in [0.15, 0.2) is 0 Å². The predicted octanol–water partition coefficient (Wildman–Crippen LogP) is 2.05. The van der Waals surface area contributed by atoms with Crippen LogP contribution >= 0.6 is 12.4 Å². The Morgan fingerprint density at radius 1 is 1.41 bits per heavy atom. The van der Waals surface area contributed by atoms with Crippen LogP contribution in [0.2, 0.25) is 0 Å². The summed E-state index contributed by atoms with van der Waals surface area (Å²) in [5, 5.41) is 3.43. The Labute approximate surface area is 111 Å². The lowest BCUT2D eigenvalue weighted by molar-refractivity contribution is -0.145. The third-order valence-electron chi connectivity index (χ3n) is 4.56. The summed E-state index contributed by atoms with van der Waals surface area (Å²) in [5.74, 6) is 0.951. The number of hydrogen-bond acceptors (Lipinski definition) is 2. The minimum atomic E-state index is -0.0722. The van der Waals surface area contributed by atoms with Crippen LogP contribution < -0.4 is 5.32 Å². The minimum absolute atomic E-state index is 0. The van der Waals surface area contributed by atoms with E-state index in [-0.39, 0.29) is 17.8 Å². The number of carbonyl (C=O) groups is 1. The average Bonchev–Trinajstić information content (AvgIpc) is 2.71. The molecule has 1 heterocycles. The highest BCUT2D eigenvalue weighted by atomic mass is 35.5. The Hall–Kier alpha value is -0.280. The lowest BCUT2D eigenvalue weighted by atomic mass is 9.67. The van der Waals surface area contributed by atoms with E-state index in [4.69, 9.17) is 0 Å². The molecule has 0 spiro atoms. The zero-order valence-corrected chi connectivity index (χ0v) is 12.0. The zero-order chi connectivity index (χ0) is 11.8. The van der Waals surface area contributed by atoms with E-state index in [2.05, 4.69) is 19.2 Å². The van der Waals surface area contributed by atoms with Crippen molar-refractivity contribution in [1.29, 1.82) is 0 Å². The molecule has 0 aromatic heterocycles. The molecule has 3 nitrogen and oxygen atoms in total. The fraction of sp³-hybridized carbons (Fsp3) is 0.923. The monoisotopic (exact) mass is 260 g/mol. The molecule has 1 N–H and O–H groups in total. The molecule has 2 fully saturated rings. The van der Waals surface area contributed by atoms with Crippen LogP contribution in [-0.2, 0) is 4.79 Å². The molecule has 0 aromatic carbocycles. The van der Waals surface area contributed by atoms with Crippen molar-refractivity contribution >= 4 is 18.3 Å². The van der Waals surface area contributed by atoms with Gasteiger partial charge in [0.05, 0.1) is 5.41 Å². The molecule has 0 radical (unpaired) electrons. The summed E-state index contributed by atoms with van der Waals surface area (Å²) in [6.07, 6.45) is 4.83. The van der Waals surface area contributed by atoms with E-state index in [0.717, 1.165) is 19.5 Å². The van der Waals surface area contributed by atoms with Crippen LogP contribution in [0.5, 0.6) is 0 Å². The highest BCUT2D eigenvalue weighted by Crippen LogP contribution is 2.45. The number of rotatable bonds is 2. The number of nitrogens with one attached hydrogen (secondary N) is 1.